The Balaban J connectivity index is 1.93. The molecule has 0 aliphatic carbocycles. The highest BCUT2D eigenvalue weighted by Gasteiger charge is 2.27. The summed E-state index contributed by atoms with van der Waals surface area (Å²) < 4.78 is 16.5. The van der Waals surface area contributed by atoms with Crippen LogP contribution in [0.3, 0.4) is 0 Å². The summed E-state index contributed by atoms with van der Waals surface area (Å²) in [6.07, 6.45) is 3.27. The predicted molar refractivity (Wildman–Crippen MR) is 73.4 cm³/mol. The number of methoxy groups -OCH3 is 1. The first kappa shape index (κ1) is 12.9. The molecule has 0 atom stereocenters. The molecule has 2 aliphatic heterocycles. The molecule has 19 heavy (non-hydrogen) atoms. The molecule has 0 bridgehead atoms. The van der Waals surface area contributed by atoms with Gasteiger partial charge in [0, 0.05) is 11.6 Å². The molecular weight excluding hydrogens is 266 g/mol. The van der Waals surface area contributed by atoms with E-state index in [1.54, 1.807) is 13.2 Å². The van der Waals surface area contributed by atoms with Crippen LogP contribution in [0.15, 0.2) is 6.07 Å². The van der Waals surface area contributed by atoms with Gasteiger partial charge in [0.05, 0.1) is 12.1 Å². The maximum atomic E-state index is 6.26. The molecule has 3 rings (SSSR count). The second kappa shape index (κ2) is 5.47. The van der Waals surface area contributed by atoms with E-state index in [-0.39, 0.29) is 6.79 Å². The minimum atomic E-state index is 0.262. The predicted octanol–water partition coefficient (Wildman–Crippen LogP) is 2.62. The quantitative estimate of drug-likeness (QED) is 0.926. The van der Waals surface area contributed by atoms with Crippen molar-refractivity contribution < 1.29 is 14.2 Å². The first-order chi connectivity index (χ1) is 9.29. The van der Waals surface area contributed by atoms with E-state index >= 15 is 0 Å². The highest BCUT2D eigenvalue weighted by molar-refractivity contribution is 6.32. The fraction of sp³-hybridized carbons (Fsp3) is 0.571. The van der Waals surface area contributed by atoms with E-state index in [2.05, 4.69) is 5.32 Å². The number of hydrogen-bond donors (Lipinski definition) is 1. The van der Waals surface area contributed by atoms with Gasteiger partial charge in [-0.15, -0.1) is 0 Å². The van der Waals surface area contributed by atoms with Crippen LogP contribution in [-0.4, -0.2) is 27.0 Å². The molecule has 2 heterocycles. The number of benzene rings is 1. The van der Waals surface area contributed by atoms with Crippen LogP contribution in [0.2, 0.25) is 5.02 Å². The van der Waals surface area contributed by atoms with Crippen molar-refractivity contribution in [1.29, 1.82) is 0 Å². The third kappa shape index (κ3) is 2.47. The van der Waals surface area contributed by atoms with Crippen molar-refractivity contribution in [2.75, 3.05) is 27.0 Å². The number of nitrogens with one attached hydrogen (secondary N) is 1. The number of rotatable bonds is 3. The lowest BCUT2D eigenvalue weighted by atomic mass is 9.90. The molecule has 0 unspecified atom stereocenters. The van der Waals surface area contributed by atoms with Gasteiger partial charge in [-0.3, -0.25) is 0 Å². The third-order valence-corrected chi connectivity index (χ3v) is 4.10. The van der Waals surface area contributed by atoms with E-state index in [1.165, 1.54) is 12.8 Å². The zero-order chi connectivity index (χ0) is 13.2. The molecule has 4 nitrogen and oxygen atoms in total. The van der Waals surface area contributed by atoms with E-state index in [0.29, 0.717) is 10.9 Å². The van der Waals surface area contributed by atoms with E-state index in [1.807, 2.05) is 0 Å². The minimum Gasteiger partial charge on any atom is -0.495 e. The molecule has 0 spiro atoms. The SMILES string of the molecule is COc1c(Cl)cc2c(c1CC1CCNCC1)OCO2. The molecule has 0 amide bonds. The van der Waals surface area contributed by atoms with Crippen molar-refractivity contribution in [3.63, 3.8) is 0 Å². The highest BCUT2D eigenvalue weighted by Crippen LogP contribution is 2.46. The summed E-state index contributed by atoms with van der Waals surface area (Å²) in [6.45, 7) is 2.41. The molecule has 5 heteroatoms. The van der Waals surface area contributed by atoms with Gasteiger partial charge in [-0.1, -0.05) is 11.6 Å². The third-order valence-electron chi connectivity index (χ3n) is 3.82. The van der Waals surface area contributed by atoms with Crippen LogP contribution < -0.4 is 19.5 Å². The first-order valence-corrected chi connectivity index (χ1v) is 7.03. The molecule has 2 aliphatic rings. The number of piperidine rings is 1. The normalized spacial score (nSPS) is 18.6. The average Bonchev–Trinajstić information content (AvgIpc) is 2.88. The molecule has 0 aromatic heterocycles. The van der Waals surface area contributed by atoms with Crippen LogP contribution in [0.4, 0.5) is 0 Å². The summed E-state index contributed by atoms with van der Waals surface area (Å²) >= 11 is 6.26. The number of halogens is 1. The van der Waals surface area contributed by atoms with Gasteiger partial charge in [-0.2, -0.15) is 0 Å². The lowest BCUT2D eigenvalue weighted by molar-refractivity contribution is 0.172. The van der Waals surface area contributed by atoms with Gasteiger partial charge in [0.2, 0.25) is 6.79 Å². The molecule has 104 valence electrons. The van der Waals surface area contributed by atoms with Gasteiger partial charge in [0.1, 0.15) is 5.75 Å². The minimum absolute atomic E-state index is 0.262. The van der Waals surface area contributed by atoms with E-state index in [0.717, 1.165) is 42.3 Å². The van der Waals surface area contributed by atoms with Crippen LogP contribution in [0.25, 0.3) is 0 Å². The molecule has 0 saturated carbocycles. The summed E-state index contributed by atoms with van der Waals surface area (Å²) in [7, 11) is 1.65. The largest absolute Gasteiger partial charge is 0.495 e. The molecule has 1 N–H and O–H groups in total. The maximum absolute atomic E-state index is 6.26. The van der Waals surface area contributed by atoms with Crippen LogP contribution >= 0.6 is 11.6 Å². The van der Waals surface area contributed by atoms with E-state index in [4.69, 9.17) is 25.8 Å². The lowest BCUT2D eigenvalue weighted by Crippen LogP contribution is -2.28. The topological polar surface area (TPSA) is 39.7 Å². The molecule has 1 saturated heterocycles. The highest BCUT2D eigenvalue weighted by atomic mass is 35.5. The standard InChI is InChI=1S/C14H18ClNO3/c1-17-13-10(6-9-2-4-16-5-3-9)14-12(7-11(13)15)18-8-19-14/h7,9,16H,2-6,8H2,1H3. The molecule has 1 aromatic rings. The maximum Gasteiger partial charge on any atom is 0.231 e. The van der Waals surface area contributed by atoms with Crippen molar-refractivity contribution in [3.8, 4) is 17.2 Å². The Bertz CT molecular complexity index is 468. The monoisotopic (exact) mass is 283 g/mol. The molecule has 1 aromatic carbocycles. The second-order valence-electron chi connectivity index (χ2n) is 5.00. The smallest absolute Gasteiger partial charge is 0.231 e. The second-order valence-corrected chi connectivity index (χ2v) is 5.41. The van der Waals surface area contributed by atoms with E-state index < -0.39 is 0 Å². The van der Waals surface area contributed by atoms with Crippen LogP contribution in [0.5, 0.6) is 17.2 Å². The zero-order valence-electron chi connectivity index (χ0n) is 11.0. The van der Waals surface area contributed by atoms with Gasteiger partial charge in [-0.05, 0) is 38.3 Å². The summed E-state index contributed by atoms with van der Waals surface area (Å²) in [5.74, 6) is 2.90. The van der Waals surface area contributed by atoms with E-state index in [9.17, 15) is 0 Å². The van der Waals surface area contributed by atoms with Gasteiger partial charge >= 0.3 is 0 Å². The Hall–Kier alpha value is -1.13. The fourth-order valence-corrected chi connectivity index (χ4v) is 3.13. The lowest BCUT2D eigenvalue weighted by Gasteiger charge is -2.24. The Morgan fingerprint density at radius 1 is 1.37 bits per heavy atom. The first-order valence-electron chi connectivity index (χ1n) is 6.65. The molecule has 1 fully saturated rings. The molecular formula is C14H18ClNO3. The zero-order valence-corrected chi connectivity index (χ0v) is 11.8. The van der Waals surface area contributed by atoms with Gasteiger partial charge in [0.25, 0.3) is 0 Å². The number of hydrogen-bond acceptors (Lipinski definition) is 4. The van der Waals surface area contributed by atoms with Crippen molar-refractivity contribution in [3.05, 3.63) is 16.7 Å². The Labute approximate surface area is 118 Å². The summed E-state index contributed by atoms with van der Waals surface area (Å²) in [4.78, 5) is 0. The van der Waals surface area contributed by atoms with Crippen LogP contribution in [0, 0.1) is 5.92 Å². The van der Waals surface area contributed by atoms with Crippen molar-refractivity contribution in [1.82, 2.24) is 5.32 Å². The summed E-state index contributed by atoms with van der Waals surface area (Å²) in [6, 6.07) is 1.77. The summed E-state index contributed by atoms with van der Waals surface area (Å²) in [5, 5.41) is 3.97. The molecule has 0 radical (unpaired) electrons. The van der Waals surface area contributed by atoms with Crippen LogP contribution in [-0.2, 0) is 6.42 Å². The number of ether oxygens (including phenoxy) is 3. The van der Waals surface area contributed by atoms with Gasteiger partial charge in [0.15, 0.2) is 11.5 Å². The Morgan fingerprint density at radius 3 is 2.89 bits per heavy atom. The van der Waals surface area contributed by atoms with Crippen LogP contribution in [0.1, 0.15) is 18.4 Å². The Morgan fingerprint density at radius 2 is 2.16 bits per heavy atom. The van der Waals surface area contributed by atoms with Gasteiger partial charge in [-0.25, -0.2) is 0 Å². The average molecular weight is 284 g/mol. The van der Waals surface area contributed by atoms with Crippen molar-refractivity contribution >= 4 is 11.6 Å². The van der Waals surface area contributed by atoms with Crippen molar-refractivity contribution in [2.24, 2.45) is 5.92 Å². The Kier molecular flexibility index (Phi) is 3.71. The number of fused-ring (bicyclic) bond motifs is 1. The fourth-order valence-electron chi connectivity index (χ4n) is 2.84. The van der Waals surface area contributed by atoms with Gasteiger partial charge < -0.3 is 19.5 Å². The summed E-state index contributed by atoms with van der Waals surface area (Å²) in [5.41, 5.74) is 1.05. The van der Waals surface area contributed by atoms with Crippen molar-refractivity contribution in [2.45, 2.75) is 19.3 Å².